The van der Waals surface area contributed by atoms with Crippen molar-refractivity contribution in [3.8, 4) is 11.5 Å². The fourth-order valence-electron chi connectivity index (χ4n) is 3.56. The van der Waals surface area contributed by atoms with E-state index in [1.54, 1.807) is 19.2 Å². The summed E-state index contributed by atoms with van der Waals surface area (Å²) in [4.78, 5) is 12.8. The number of ether oxygens (including phenoxy) is 2. The maximum Gasteiger partial charge on any atom is 0.251 e. The first-order valence-electron chi connectivity index (χ1n) is 10.3. The summed E-state index contributed by atoms with van der Waals surface area (Å²) in [5.41, 5.74) is 2.44. The average Bonchev–Trinajstić information content (AvgIpc) is 2.82. The Labute approximate surface area is 182 Å². The molecule has 1 N–H and O–H groups in total. The van der Waals surface area contributed by atoms with Gasteiger partial charge < -0.3 is 14.8 Å². The molecule has 0 bridgehead atoms. The molecule has 0 spiro atoms. The van der Waals surface area contributed by atoms with Gasteiger partial charge in [-0.05, 0) is 53.6 Å². The number of carbonyl (C=O) groups excluding carboxylic acids is 1. The first-order valence-corrected chi connectivity index (χ1v) is 10.3. The molecule has 156 valence electrons. The lowest BCUT2D eigenvalue weighted by atomic mass is 10.1. The Kier molecular flexibility index (Phi) is 6.18. The number of nitrogens with one attached hydrogen (secondary N) is 1. The minimum absolute atomic E-state index is 0.0897. The Morgan fingerprint density at radius 3 is 2.39 bits per heavy atom. The van der Waals surface area contributed by atoms with Gasteiger partial charge in [-0.3, -0.25) is 4.79 Å². The molecule has 0 aliphatic heterocycles. The Balaban J connectivity index is 1.49. The van der Waals surface area contributed by atoms with Gasteiger partial charge >= 0.3 is 0 Å². The zero-order valence-corrected chi connectivity index (χ0v) is 17.7. The van der Waals surface area contributed by atoms with Crippen LogP contribution in [0.15, 0.2) is 91.0 Å². The Morgan fingerprint density at radius 1 is 0.871 bits per heavy atom. The van der Waals surface area contributed by atoms with Crippen LogP contribution < -0.4 is 14.8 Å². The van der Waals surface area contributed by atoms with E-state index < -0.39 is 0 Å². The van der Waals surface area contributed by atoms with Gasteiger partial charge in [-0.15, -0.1) is 0 Å². The Hall–Kier alpha value is -3.79. The zero-order valence-electron chi connectivity index (χ0n) is 17.7. The summed E-state index contributed by atoms with van der Waals surface area (Å²) in [6, 6.07) is 29.4. The van der Waals surface area contributed by atoms with Gasteiger partial charge in [0, 0.05) is 11.1 Å². The molecule has 1 amide bonds. The SMILES string of the molecule is COc1ccc(C(=O)N[C@H](C)c2ccccc2)cc1COc1ccc2ccccc2c1. The van der Waals surface area contributed by atoms with Gasteiger partial charge in [0.25, 0.3) is 5.91 Å². The fraction of sp³-hybridized carbons (Fsp3) is 0.148. The Morgan fingerprint density at radius 2 is 1.61 bits per heavy atom. The summed E-state index contributed by atoms with van der Waals surface area (Å²) >= 11 is 0. The van der Waals surface area contributed by atoms with E-state index in [2.05, 4.69) is 17.4 Å². The normalized spacial score (nSPS) is 11.7. The van der Waals surface area contributed by atoms with Gasteiger partial charge in [-0.1, -0.05) is 60.7 Å². The fourth-order valence-corrected chi connectivity index (χ4v) is 3.56. The van der Waals surface area contributed by atoms with Crippen molar-refractivity contribution in [3.05, 3.63) is 108 Å². The van der Waals surface area contributed by atoms with Crippen molar-refractivity contribution in [1.29, 1.82) is 0 Å². The quantitative estimate of drug-likeness (QED) is 0.411. The second kappa shape index (κ2) is 9.35. The highest BCUT2D eigenvalue weighted by Crippen LogP contribution is 2.25. The number of carbonyl (C=O) groups is 1. The maximum atomic E-state index is 12.8. The minimum atomic E-state index is -0.133. The first-order chi connectivity index (χ1) is 15.1. The number of rotatable bonds is 7. The van der Waals surface area contributed by atoms with Crippen LogP contribution in [0, 0.1) is 0 Å². The number of methoxy groups -OCH3 is 1. The molecule has 4 aromatic rings. The number of hydrogen-bond acceptors (Lipinski definition) is 3. The standard InChI is InChI=1S/C27H25NO3/c1-19(20-8-4-3-5-9-20)28-27(29)23-13-15-26(30-2)24(16-23)18-31-25-14-12-21-10-6-7-11-22(21)17-25/h3-17,19H,18H2,1-2H3,(H,28,29)/t19-/m1/s1. The van der Waals surface area contributed by atoms with Crippen LogP contribution in [0.2, 0.25) is 0 Å². The first kappa shape index (κ1) is 20.5. The molecule has 31 heavy (non-hydrogen) atoms. The molecule has 0 fully saturated rings. The Bertz CT molecular complexity index is 1190. The number of amides is 1. The topological polar surface area (TPSA) is 47.6 Å². The average molecular weight is 412 g/mol. The van der Waals surface area contributed by atoms with E-state index in [1.807, 2.05) is 73.7 Å². The minimum Gasteiger partial charge on any atom is -0.496 e. The van der Waals surface area contributed by atoms with E-state index in [9.17, 15) is 4.79 Å². The molecule has 0 aromatic heterocycles. The molecular formula is C27H25NO3. The lowest BCUT2D eigenvalue weighted by Crippen LogP contribution is -2.26. The monoisotopic (exact) mass is 411 g/mol. The van der Waals surface area contributed by atoms with Crippen molar-refractivity contribution in [2.75, 3.05) is 7.11 Å². The van der Waals surface area contributed by atoms with Crippen LogP contribution in [0.3, 0.4) is 0 Å². The van der Waals surface area contributed by atoms with Gasteiger partial charge in [0.15, 0.2) is 0 Å². The molecule has 4 heteroatoms. The highest BCUT2D eigenvalue weighted by Gasteiger charge is 2.14. The van der Waals surface area contributed by atoms with E-state index in [0.29, 0.717) is 17.9 Å². The molecule has 0 saturated carbocycles. The largest absolute Gasteiger partial charge is 0.496 e. The molecule has 0 aliphatic carbocycles. The van der Waals surface area contributed by atoms with E-state index in [4.69, 9.17) is 9.47 Å². The third kappa shape index (κ3) is 4.86. The van der Waals surface area contributed by atoms with Crippen molar-refractivity contribution >= 4 is 16.7 Å². The van der Waals surface area contributed by atoms with Crippen LogP contribution in [0.1, 0.15) is 34.5 Å². The van der Waals surface area contributed by atoms with Crippen molar-refractivity contribution in [1.82, 2.24) is 5.32 Å². The summed E-state index contributed by atoms with van der Waals surface area (Å²) in [6.07, 6.45) is 0. The van der Waals surface area contributed by atoms with Crippen molar-refractivity contribution in [2.24, 2.45) is 0 Å². The molecule has 0 saturated heterocycles. The molecule has 1 atom stereocenters. The number of benzene rings is 4. The molecule has 4 rings (SSSR count). The van der Waals surface area contributed by atoms with Crippen LogP contribution in [0.5, 0.6) is 11.5 Å². The van der Waals surface area contributed by atoms with Crippen LogP contribution in [-0.4, -0.2) is 13.0 Å². The van der Waals surface area contributed by atoms with E-state index in [1.165, 1.54) is 5.39 Å². The van der Waals surface area contributed by atoms with Crippen molar-refractivity contribution in [2.45, 2.75) is 19.6 Å². The smallest absolute Gasteiger partial charge is 0.251 e. The third-order valence-electron chi connectivity index (χ3n) is 5.31. The lowest BCUT2D eigenvalue weighted by molar-refractivity contribution is 0.0939. The predicted octanol–water partition coefficient (Wildman–Crippen LogP) is 5.92. The second-order valence-corrected chi connectivity index (χ2v) is 7.43. The highest BCUT2D eigenvalue weighted by atomic mass is 16.5. The van der Waals surface area contributed by atoms with E-state index in [0.717, 1.165) is 22.3 Å². The van der Waals surface area contributed by atoms with Crippen molar-refractivity contribution in [3.63, 3.8) is 0 Å². The van der Waals surface area contributed by atoms with E-state index >= 15 is 0 Å². The van der Waals surface area contributed by atoms with Gasteiger partial charge in [-0.2, -0.15) is 0 Å². The second-order valence-electron chi connectivity index (χ2n) is 7.43. The summed E-state index contributed by atoms with van der Waals surface area (Å²) in [6.45, 7) is 2.28. The van der Waals surface area contributed by atoms with Crippen molar-refractivity contribution < 1.29 is 14.3 Å². The van der Waals surface area contributed by atoms with Gasteiger partial charge in [0.1, 0.15) is 18.1 Å². The molecule has 0 aliphatic rings. The zero-order chi connectivity index (χ0) is 21.6. The molecule has 4 aromatic carbocycles. The van der Waals surface area contributed by atoms with Crippen LogP contribution in [0.25, 0.3) is 10.8 Å². The third-order valence-corrected chi connectivity index (χ3v) is 5.31. The van der Waals surface area contributed by atoms with Crippen LogP contribution >= 0.6 is 0 Å². The number of fused-ring (bicyclic) bond motifs is 1. The molecule has 0 radical (unpaired) electrons. The molecule has 0 unspecified atom stereocenters. The summed E-state index contributed by atoms with van der Waals surface area (Å²) in [5.74, 6) is 1.33. The van der Waals surface area contributed by atoms with E-state index in [-0.39, 0.29) is 11.9 Å². The molecule has 4 nitrogen and oxygen atoms in total. The van der Waals surface area contributed by atoms with Gasteiger partial charge in [0.2, 0.25) is 0 Å². The number of hydrogen-bond donors (Lipinski definition) is 1. The molecular weight excluding hydrogens is 386 g/mol. The van der Waals surface area contributed by atoms with Crippen LogP contribution in [0.4, 0.5) is 0 Å². The van der Waals surface area contributed by atoms with Crippen LogP contribution in [-0.2, 0) is 6.61 Å². The maximum absolute atomic E-state index is 12.8. The van der Waals surface area contributed by atoms with Gasteiger partial charge in [0.05, 0.1) is 13.2 Å². The summed E-state index contributed by atoms with van der Waals surface area (Å²) in [7, 11) is 1.62. The predicted molar refractivity (Wildman–Crippen MR) is 124 cm³/mol. The van der Waals surface area contributed by atoms with Gasteiger partial charge in [-0.25, -0.2) is 0 Å². The highest BCUT2D eigenvalue weighted by molar-refractivity contribution is 5.94. The summed E-state index contributed by atoms with van der Waals surface area (Å²) in [5, 5.41) is 5.34. The molecule has 0 heterocycles. The summed E-state index contributed by atoms with van der Waals surface area (Å²) < 4.78 is 11.5. The lowest BCUT2D eigenvalue weighted by Gasteiger charge is -2.16.